The molecule has 0 atom stereocenters. The van der Waals surface area contributed by atoms with Crippen molar-refractivity contribution in [1.29, 1.82) is 0 Å². The van der Waals surface area contributed by atoms with E-state index in [2.05, 4.69) is 44.5 Å². The summed E-state index contributed by atoms with van der Waals surface area (Å²) in [5.41, 5.74) is 8.17. The Morgan fingerprint density at radius 3 is 1.93 bits per heavy atom. The third-order valence-corrected chi connectivity index (χ3v) is 6.49. The highest BCUT2D eigenvalue weighted by atomic mass is 32.1. The predicted octanol–water partition coefficient (Wildman–Crippen LogP) is 8.37. The summed E-state index contributed by atoms with van der Waals surface area (Å²) in [6.07, 6.45) is 2.18. The third-order valence-electron chi connectivity index (χ3n) is 5.61. The van der Waals surface area contributed by atoms with Crippen LogP contribution >= 0.6 is 11.3 Å². The maximum absolute atomic E-state index is 14.7. The van der Waals surface area contributed by atoms with Crippen LogP contribution in [0.2, 0.25) is 0 Å². The largest absolute Gasteiger partial charge is 0.490 e. The molecule has 0 radical (unpaired) electrons. The molecule has 0 fully saturated rings. The van der Waals surface area contributed by atoms with Crippen molar-refractivity contribution in [2.24, 2.45) is 20.5 Å². The summed E-state index contributed by atoms with van der Waals surface area (Å²) >= 11 is 1.30. The number of esters is 2. The van der Waals surface area contributed by atoms with Crippen LogP contribution in [0.3, 0.4) is 0 Å². The van der Waals surface area contributed by atoms with Crippen LogP contribution in [0.25, 0.3) is 0 Å². The summed E-state index contributed by atoms with van der Waals surface area (Å²) in [5.74, 6) is -0.959. The quantitative estimate of drug-likeness (QED) is 0.0383. The van der Waals surface area contributed by atoms with Crippen molar-refractivity contribution in [3.05, 3.63) is 110 Å². The smallest absolute Gasteiger partial charge is 0.330 e. The first-order valence-electron chi connectivity index (χ1n) is 13.7. The SMILES string of the molecule is C=CC(=O)OCCOc1ccc(/N=N/c2ccc(NNc3ccc(/N=N/c4ccc(OCCOC(=O)C=C)s4)cc3)c(F)c2)cc1. The number of nitrogens with zero attached hydrogens (tertiary/aromatic N) is 4. The monoisotopic (exact) mass is 644 g/mol. The van der Waals surface area contributed by atoms with Crippen LogP contribution in [-0.2, 0) is 19.1 Å². The van der Waals surface area contributed by atoms with Gasteiger partial charge in [0.25, 0.3) is 0 Å². The molecule has 236 valence electrons. The molecule has 2 N–H and O–H groups in total. The fraction of sp³-hybridized carbons (Fsp3) is 0.125. The molecule has 0 spiro atoms. The molecule has 4 rings (SSSR count). The third kappa shape index (κ3) is 11.0. The van der Waals surface area contributed by atoms with Gasteiger partial charge < -0.3 is 24.4 Å². The lowest BCUT2D eigenvalue weighted by molar-refractivity contribution is -0.139. The predicted molar refractivity (Wildman–Crippen MR) is 173 cm³/mol. The Morgan fingerprint density at radius 2 is 1.28 bits per heavy atom. The second kappa shape index (κ2) is 17.4. The number of hydrazine groups is 1. The van der Waals surface area contributed by atoms with Gasteiger partial charge in [-0.25, -0.2) is 14.0 Å². The summed E-state index contributed by atoms with van der Waals surface area (Å²) in [7, 11) is 0. The lowest BCUT2D eigenvalue weighted by atomic mass is 10.2. The van der Waals surface area contributed by atoms with Gasteiger partial charge in [0.2, 0.25) is 0 Å². The Morgan fingerprint density at radius 1 is 0.696 bits per heavy atom. The zero-order valence-corrected chi connectivity index (χ0v) is 25.2. The number of anilines is 2. The number of thiophene rings is 1. The van der Waals surface area contributed by atoms with E-state index in [-0.39, 0.29) is 32.1 Å². The number of carbonyl (C=O) groups excluding carboxylic acids is 2. The van der Waals surface area contributed by atoms with Gasteiger partial charge in [-0.2, -0.15) is 10.2 Å². The average Bonchev–Trinajstić information content (AvgIpc) is 3.54. The van der Waals surface area contributed by atoms with Gasteiger partial charge in [-0.3, -0.25) is 5.43 Å². The van der Waals surface area contributed by atoms with Crippen molar-refractivity contribution in [1.82, 2.24) is 0 Å². The van der Waals surface area contributed by atoms with Gasteiger partial charge in [0.15, 0.2) is 5.06 Å². The highest BCUT2D eigenvalue weighted by molar-refractivity contribution is 7.17. The van der Waals surface area contributed by atoms with Crippen molar-refractivity contribution in [2.45, 2.75) is 0 Å². The van der Waals surface area contributed by atoms with E-state index >= 15 is 0 Å². The normalized spacial score (nSPS) is 10.8. The Bertz CT molecular complexity index is 1690. The van der Waals surface area contributed by atoms with E-state index in [1.165, 1.54) is 17.4 Å². The van der Waals surface area contributed by atoms with E-state index in [1.54, 1.807) is 72.8 Å². The standard InChI is InChI=1S/C32H29FN6O6S/c1-3-30(40)43-18-17-42-26-12-9-24(10-13-26)34-37-25-11-14-28(27(33)21-25)38-35-22-5-7-23(8-6-22)36-39-29-15-16-32(46-29)45-20-19-44-31(41)4-2/h3-16,21,35,38H,1-2,17-20H2/b37-34+,39-36+. The Balaban J connectivity index is 1.21. The van der Waals surface area contributed by atoms with Crippen molar-refractivity contribution in [3.63, 3.8) is 0 Å². The summed E-state index contributed by atoms with van der Waals surface area (Å²) < 4.78 is 35.4. The molecule has 1 heterocycles. The number of benzene rings is 3. The van der Waals surface area contributed by atoms with Gasteiger partial charge in [0, 0.05) is 18.2 Å². The number of ether oxygens (including phenoxy) is 4. The van der Waals surface area contributed by atoms with Gasteiger partial charge >= 0.3 is 11.9 Å². The van der Waals surface area contributed by atoms with Crippen LogP contribution in [0.5, 0.6) is 10.8 Å². The van der Waals surface area contributed by atoms with Gasteiger partial charge in [-0.1, -0.05) is 24.5 Å². The summed E-state index contributed by atoms with van der Waals surface area (Å²) in [5, 5.41) is 17.9. The van der Waals surface area contributed by atoms with Crippen LogP contribution in [0.15, 0.2) is 125 Å². The zero-order valence-electron chi connectivity index (χ0n) is 24.4. The number of rotatable bonds is 17. The number of carbonyl (C=O) groups is 2. The summed E-state index contributed by atoms with van der Waals surface area (Å²) in [4.78, 5) is 22.1. The molecule has 0 unspecified atom stereocenters. The Hall–Kier alpha value is -5.89. The molecule has 14 heteroatoms. The van der Waals surface area contributed by atoms with Crippen LogP contribution in [-0.4, -0.2) is 38.4 Å². The molecular formula is C32H29FN6O6S. The number of nitrogens with one attached hydrogen (secondary N) is 2. The molecule has 46 heavy (non-hydrogen) atoms. The van der Waals surface area contributed by atoms with Crippen LogP contribution < -0.4 is 20.3 Å². The molecule has 3 aromatic carbocycles. The van der Waals surface area contributed by atoms with E-state index in [1.807, 2.05) is 0 Å². The first kappa shape index (κ1) is 33.0. The van der Waals surface area contributed by atoms with Gasteiger partial charge in [0.05, 0.1) is 28.4 Å². The lowest BCUT2D eigenvalue weighted by Gasteiger charge is -2.10. The van der Waals surface area contributed by atoms with Crippen molar-refractivity contribution < 1.29 is 32.9 Å². The van der Waals surface area contributed by atoms with Crippen molar-refractivity contribution >= 4 is 56.7 Å². The highest BCUT2D eigenvalue weighted by Crippen LogP contribution is 2.32. The van der Waals surface area contributed by atoms with E-state index in [9.17, 15) is 14.0 Å². The van der Waals surface area contributed by atoms with Crippen molar-refractivity contribution in [2.75, 3.05) is 37.3 Å². The van der Waals surface area contributed by atoms with Crippen LogP contribution in [0.4, 0.5) is 37.8 Å². The Labute approximate surface area is 267 Å². The molecule has 0 saturated heterocycles. The maximum atomic E-state index is 14.7. The van der Waals surface area contributed by atoms with Gasteiger partial charge in [0.1, 0.15) is 43.0 Å². The topological polar surface area (TPSA) is 145 Å². The zero-order chi connectivity index (χ0) is 32.6. The maximum Gasteiger partial charge on any atom is 0.330 e. The minimum absolute atomic E-state index is 0.105. The van der Waals surface area contributed by atoms with Gasteiger partial charge in [-0.05, 0) is 72.8 Å². The first-order chi connectivity index (χ1) is 22.4. The average molecular weight is 645 g/mol. The minimum Gasteiger partial charge on any atom is -0.490 e. The highest BCUT2D eigenvalue weighted by Gasteiger charge is 2.05. The molecule has 0 bridgehead atoms. The molecule has 0 aliphatic rings. The number of hydrogen-bond acceptors (Lipinski definition) is 13. The molecule has 0 aliphatic heterocycles. The fourth-order valence-corrected chi connectivity index (χ4v) is 4.10. The van der Waals surface area contributed by atoms with E-state index in [0.29, 0.717) is 38.6 Å². The van der Waals surface area contributed by atoms with Gasteiger partial charge in [-0.15, -0.1) is 10.2 Å². The summed E-state index contributed by atoms with van der Waals surface area (Å²) in [6, 6.07) is 21.8. The molecule has 1 aromatic heterocycles. The van der Waals surface area contributed by atoms with E-state index < -0.39 is 17.8 Å². The Kier molecular flexibility index (Phi) is 12.5. The van der Waals surface area contributed by atoms with Crippen LogP contribution in [0.1, 0.15) is 0 Å². The number of halogens is 1. The molecule has 12 nitrogen and oxygen atoms in total. The van der Waals surface area contributed by atoms with Crippen molar-refractivity contribution in [3.8, 4) is 10.8 Å². The second-order valence-electron chi connectivity index (χ2n) is 8.89. The lowest BCUT2D eigenvalue weighted by Crippen LogP contribution is -2.09. The number of hydrogen-bond donors (Lipinski definition) is 2. The molecule has 4 aromatic rings. The first-order valence-corrected chi connectivity index (χ1v) is 14.5. The molecule has 0 aliphatic carbocycles. The van der Waals surface area contributed by atoms with E-state index in [4.69, 9.17) is 18.9 Å². The molecule has 0 amide bonds. The minimum atomic E-state index is -0.521. The molecular weight excluding hydrogens is 615 g/mol. The molecule has 0 saturated carbocycles. The van der Waals surface area contributed by atoms with Crippen LogP contribution in [0, 0.1) is 5.82 Å². The number of azo groups is 2. The summed E-state index contributed by atoms with van der Waals surface area (Å²) in [6.45, 7) is 7.29. The second-order valence-corrected chi connectivity index (χ2v) is 9.91. The fourth-order valence-electron chi connectivity index (χ4n) is 3.40. The van der Waals surface area contributed by atoms with E-state index in [0.717, 1.165) is 12.2 Å².